The first kappa shape index (κ1) is 16.0. The third-order valence-corrected chi connectivity index (χ3v) is 6.27. The highest BCUT2D eigenvalue weighted by molar-refractivity contribution is 5.93. The Bertz CT molecular complexity index is 650. The quantitative estimate of drug-likeness (QED) is 0.634. The summed E-state index contributed by atoms with van der Waals surface area (Å²) in [6, 6.07) is 2.54. The van der Waals surface area contributed by atoms with Crippen molar-refractivity contribution in [3.8, 4) is 0 Å². The lowest BCUT2D eigenvalue weighted by Gasteiger charge is -2.34. The summed E-state index contributed by atoms with van der Waals surface area (Å²) in [5.74, 6) is -0.490. The molecule has 2 fully saturated rings. The molecule has 2 atom stereocenters. The van der Waals surface area contributed by atoms with Gasteiger partial charge < -0.3 is 4.90 Å². The summed E-state index contributed by atoms with van der Waals surface area (Å²) < 4.78 is 0. The fourth-order valence-electron chi connectivity index (χ4n) is 4.95. The highest BCUT2D eigenvalue weighted by atomic mass is 16.5. The number of nitrogens with zero attached hydrogens (tertiary/aromatic N) is 3. The van der Waals surface area contributed by atoms with Crippen molar-refractivity contribution in [2.75, 3.05) is 26.7 Å². The van der Waals surface area contributed by atoms with Gasteiger partial charge in [-0.15, -0.1) is 0 Å². The number of nitrogens with one attached hydrogen (secondary N) is 1. The first-order valence-electron chi connectivity index (χ1n) is 8.93. The minimum Gasteiger partial charge on any atom is -0.306 e. The largest absolute Gasteiger partial charge is 0.306 e. The average molecular weight is 330 g/mol. The smallest absolute Gasteiger partial charge is 0.276 e. The zero-order valence-electron chi connectivity index (χ0n) is 14.3. The van der Waals surface area contributed by atoms with E-state index in [1.807, 2.05) is 6.07 Å². The van der Waals surface area contributed by atoms with Crippen LogP contribution >= 0.6 is 0 Å². The molecule has 1 amide bonds. The number of hydrogen-bond acceptors (Lipinski definition) is 5. The van der Waals surface area contributed by atoms with Crippen molar-refractivity contribution in [2.24, 2.45) is 5.41 Å². The van der Waals surface area contributed by atoms with Gasteiger partial charge in [0.15, 0.2) is 0 Å². The lowest BCUT2D eigenvalue weighted by atomic mass is 9.85. The van der Waals surface area contributed by atoms with Crippen molar-refractivity contribution >= 4 is 5.91 Å². The summed E-state index contributed by atoms with van der Waals surface area (Å²) >= 11 is 0. The molecule has 6 heteroatoms. The van der Waals surface area contributed by atoms with Gasteiger partial charge in [-0.1, -0.05) is 0 Å². The van der Waals surface area contributed by atoms with Gasteiger partial charge in [0.2, 0.25) is 0 Å². The average Bonchev–Trinajstić information content (AvgIpc) is 3.19. The monoisotopic (exact) mass is 330 g/mol. The Hall–Kier alpha value is -1.50. The van der Waals surface area contributed by atoms with Gasteiger partial charge in [-0.2, -0.15) is 0 Å². The Balaban J connectivity index is 1.44. The number of carbonyl (C=O) groups is 1. The van der Waals surface area contributed by atoms with Crippen LogP contribution in [-0.4, -0.2) is 58.6 Å². The predicted molar refractivity (Wildman–Crippen MR) is 89.8 cm³/mol. The summed E-state index contributed by atoms with van der Waals surface area (Å²) in [4.78, 5) is 21.1. The van der Waals surface area contributed by atoms with E-state index < -0.39 is 5.91 Å². The van der Waals surface area contributed by atoms with Crippen molar-refractivity contribution in [1.29, 1.82) is 0 Å². The number of amides is 1. The second-order valence-corrected chi connectivity index (χ2v) is 7.88. The van der Waals surface area contributed by atoms with E-state index in [9.17, 15) is 4.79 Å². The molecule has 1 saturated heterocycles. The first-order valence-corrected chi connectivity index (χ1v) is 8.93. The zero-order chi connectivity index (χ0) is 16.7. The van der Waals surface area contributed by atoms with Crippen molar-refractivity contribution in [1.82, 2.24) is 20.3 Å². The van der Waals surface area contributed by atoms with Gasteiger partial charge in [0, 0.05) is 31.9 Å². The summed E-state index contributed by atoms with van der Waals surface area (Å²) in [5.41, 5.74) is 4.88. The fraction of sp³-hybridized carbons (Fsp3) is 0.667. The summed E-state index contributed by atoms with van der Waals surface area (Å²) in [6.45, 7) is 4.42. The zero-order valence-corrected chi connectivity index (χ0v) is 14.3. The lowest BCUT2D eigenvalue weighted by Crippen LogP contribution is -2.39. The second kappa shape index (κ2) is 6.10. The van der Waals surface area contributed by atoms with Gasteiger partial charge in [0.25, 0.3) is 5.91 Å². The molecule has 3 aliphatic rings. The SMILES string of the molecule is CN1CC[C@@]2(CC[C@H](N3CCc4cc(C(=O)NO)cnc4C3)C2)C1. The fourth-order valence-corrected chi connectivity index (χ4v) is 4.95. The highest BCUT2D eigenvalue weighted by Gasteiger charge is 2.44. The molecule has 2 aliphatic heterocycles. The number of likely N-dealkylation sites (tertiary alicyclic amines) is 1. The van der Waals surface area contributed by atoms with E-state index in [0.717, 1.165) is 30.8 Å². The maximum absolute atomic E-state index is 11.5. The van der Waals surface area contributed by atoms with Crippen LogP contribution in [0.3, 0.4) is 0 Å². The Kier molecular flexibility index (Phi) is 4.06. The number of hydroxylamine groups is 1. The number of carbonyl (C=O) groups excluding carboxylic acids is 1. The van der Waals surface area contributed by atoms with Crippen molar-refractivity contribution in [3.05, 3.63) is 29.1 Å². The highest BCUT2D eigenvalue weighted by Crippen LogP contribution is 2.47. The number of fused-ring (bicyclic) bond motifs is 1. The molecule has 130 valence electrons. The minimum absolute atomic E-state index is 0.429. The molecule has 1 aromatic rings. The Morgan fingerprint density at radius 2 is 2.29 bits per heavy atom. The van der Waals surface area contributed by atoms with E-state index in [-0.39, 0.29) is 0 Å². The van der Waals surface area contributed by atoms with Gasteiger partial charge in [-0.05, 0) is 62.7 Å². The second-order valence-electron chi connectivity index (χ2n) is 7.88. The van der Waals surface area contributed by atoms with Crippen LogP contribution in [0, 0.1) is 5.41 Å². The standard InChI is InChI=1S/C18H26N4O2/c1-21-7-5-18(12-21)4-2-15(9-18)22-6-3-13-8-14(17(23)20-24)10-19-16(13)11-22/h8,10,15,24H,2-7,9,11-12H2,1H3,(H,20,23)/t15-,18+/m0/s1. The van der Waals surface area contributed by atoms with E-state index in [2.05, 4.69) is 21.8 Å². The van der Waals surface area contributed by atoms with Crippen LogP contribution in [0.25, 0.3) is 0 Å². The maximum atomic E-state index is 11.5. The van der Waals surface area contributed by atoms with Crippen LogP contribution in [0.1, 0.15) is 47.3 Å². The van der Waals surface area contributed by atoms with Crippen molar-refractivity contribution < 1.29 is 10.0 Å². The molecule has 1 spiro atoms. The molecule has 0 aromatic carbocycles. The van der Waals surface area contributed by atoms with Crippen molar-refractivity contribution in [2.45, 2.75) is 44.7 Å². The van der Waals surface area contributed by atoms with Gasteiger partial charge >= 0.3 is 0 Å². The topological polar surface area (TPSA) is 68.7 Å². The van der Waals surface area contributed by atoms with Gasteiger partial charge in [0.1, 0.15) is 0 Å². The Labute approximate surface area is 142 Å². The Morgan fingerprint density at radius 1 is 1.42 bits per heavy atom. The van der Waals surface area contributed by atoms with Gasteiger partial charge in [-0.25, -0.2) is 5.48 Å². The number of pyridine rings is 1. The van der Waals surface area contributed by atoms with Crippen LogP contribution < -0.4 is 5.48 Å². The normalized spacial score (nSPS) is 30.7. The molecule has 4 rings (SSSR count). The third kappa shape index (κ3) is 2.83. The summed E-state index contributed by atoms with van der Waals surface area (Å²) in [7, 11) is 2.24. The van der Waals surface area contributed by atoms with Crippen LogP contribution in [0.4, 0.5) is 0 Å². The molecule has 6 nitrogen and oxygen atoms in total. The van der Waals surface area contributed by atoms with E-state index >= 15 is 0 Å². The van der Waals surface area contributed by atoms with E-state index in [0.29, 0.717) is 17.0 Å². The van der Waals surface area contributed by atoms with E-state index in [1.54, 1.807) is 11.7 Å². The molecule has 3 heterocycles. The number of aromatic nitrogens is 1. The molecular weight excluding hydrogens is 304 g/mol. The molecule has 1 saturated carbocycles. The summed E-state index contributed by atoms with van der Waals surface area (Å²) in [5, 5.41) is 8.76. The van der Waals surface area contributed by atoms with Crippen LogP contribution in [0.2, 0.25) is 0 Å². The number of hydrogen-bond donors (Lipinski definition) is 2. The number of rotatable bonds is 2. The van der Waals surface area contributed by atoms with E-state index in [1.165, 1.54) is 38.8 Å². The minimum atomic E-state index is -0.490. The van der Waals surface area contributed by atoms with E-state index in [4.69, 9.17) is 5.21 Å². The molecule has 1 aromatic heterocycles. The molecule has 2 N–H and O–H groups in total. The van der Waals surface area contributed by atoms with Gasteiger partial charge in [0.05, 0.1) is 11.3 Å². The first-order chi connectivity index (χ1) is 11.6. The van der Waals surface area contributed by atoms with Gasteiger partial charge in [-0.3, -0.25) is 19.9 Å². The molecular formula is C18H26N4O2. The Morgan fingerprint density at radius 3 is 3.04 bits per heavy atom. The molecule has 0 unspecified atom stereocenters. The van der Waals surface area contributed by atoms with Crippen LogP contribution in [-0.2, 0) is 13.0 Å². The van der Waals surface area contributed by atoms with Crippen LogP contribution in [0.15, 0.2) is 12.3 Å². The van der Waals surface area contributed by atoms with Crippen LogP contribution in [0.5, 0.6) is 0 Å². The molecule has 1 aliphatic carbocycles. The third-order valence-electron chi connectivity index (χ3n) is 6.27. The van der Waals surface area contributed by atoms with Crippen molar-refractivity contribution in [3.63, 3.8) is 0 Å². The summed E-state index contributed by atoms with van der Waals surface area (Å²) in [6.07, 6.45) is 7.82. The maximum Gasteiger partial charge on any atom is 0.276 e. The predicted octanol–water partition coefficient (Wildman–Crippen LogP) is 1.43. The molecule has 0 bridgehead atoms. The molecule has 24 heavy (non-hydrogen) atoms. The lowest BCUT2D eigenvalue weighted by molar-refractivity contribution is 0.0705. The molecule has 0 radical (unpaired) electrons.